The summed E-state index contributed by atoms with van der Waals surface area (Å²) < 4.78 is 53.1. The number of rotatable bonds is 9. The van der Waals surface area contributed by atoms with Gasteiger partial charge < -0.3 is 9.47 Å². The lowest BCUT2D eigenvalue weighted by Crippen LogP contribution is -2.27. The van der Waals surface area contributed by atoms with E-state index >= 15 is 0 Å². The highest BCUT2D eigenvalue weighted by molar-refractivity contribution is 6.30. The van der Waals surface area contributed by atoms with Crippen LogP contribution in [0.5, 0.6) is 17.4 Å². The Kier molecular flexibility index (Phi) is 9.46. The molecular weight excluding hydrogens is 585 g/mol. The van der Waals surface area contributed by atoms with E-state index in [0.29, 0.717) is 22.9 Å². The lowest BCUT2D eigenvalue weighted by Gasteiger charge is -2.16. The molecule has 0 saturated heterocycles. The largest absolute Gasteiger partial charge is 0.481 e. The number of nitrogens with zero attached hydrogens (tertiary/aromatic N) is 6. The topological polar surface area (TPSA) is 116 Å². The number of alkyl halides is 3. The van der Waals surface area contributed by atoms with Crippen LogP contribution in [0.15, 0.2) is 53.9 Å². The number of benzene rings is 1. The number of allylic oxidation sites excluding steroid dienone is 1. The van der Waals surface area contributed by atoms with Gasteiger partial charge in [0.2, 0.25) is 11.6 Å². The van der Waals surface area contributed by atoms with Gasteiger partial charge in [0.1, 0.15) is 5.75 Å². The van der Waals surface area contributed by atoms with E-state index in [0.717, 1.165) is 34.6 Å². The summed E-state index contributed by atoms with van der Waals surface area (Å²) in [6.07, 6.45) is 3.85. The molecule has 0 bridgehead atoms. The third kappa shape index (κ3) is 7.18. The number of aryl methyl sites for hydroxylation is 1. The van der Waals surface area contributed by atoms with Crippen LogP contribution in [-0.4, -0.2) is 31.6 Å². The number of nitriles is 1. The first kappa shape index (κ1) is 31.2. The van der Waals surface area contributed by atoms with Gasteiger partial charge in [-0.3, -0.25) is 14.3 Å². The van der Waals surface area contributed by atoms with Gasteiger partial charge >= 0.3 is 6.18 Å². The van der Waals surface area contributed by atoms with E-state index < -0.39 is 23.2 Å². The molecule has 0 saturated carbocycles. The summed E-state index contributed by atoms with van der Waals surface area (Å²) in [5.74, 6) is -0.516. The minimum absolute atomic E-state index is 0.0326. The van der Waals surface area contributed by atoms with Crippen LogP contribution < -0.4 is 15.0 Å². The van der Waals surface area contributed by atoms with Crippen molar-refractivity contribution < 1.29 is 22.6 Å². The summed E-state index contributed by atoms with van der Waals surface area (Å²) in [4.78, 5) is 30.1. The van der Waals surface area contributed by atoms with Crippen molar-refractivity contribution >= 4 is 17.7 Å². The van der Waals surface area contributed by atoms with E-state index in [1.807, 2.05) is 19.1 Å². The van der Waals surface area contributed by atoms with Gasteiger partial charge in [0.15, 0.2) is 11.5 Å². The number of pyridine rings is 1. The maximum atomic E-state index is 13.8. The smallest absolute Gasteiger partial charge is 0.437 e. The molecule has 43 heavy (non-hydrogen) atoms. The molecule has 0 N–H and O–H groups in total. The second-order valence-electron chi connectivity index (χ2n) is 9.57. The van der Waals surface area contributed by atoms with Crippen LogP contribution in [0.25, 0.3) is 17.5 Å². The van der Waals surface area contributed by atoms with Crippen LogP contribution in [-0.2, 0) is 12.7 Å². The van der Waals surface area contributed by atoms with Crippen LogP contribution in [0.1, 0.15) is 48.3 Å². The molecule has 1 unspecified atom stereocenters. The lowest BCUT2D eigenvalue weighted by atomic mass is 10.0. The molecule has 1 atom stereocenters. The number of halogens is 4. The molecule has 0 spiro atoms. The molecule has 9 nitrogen and oxygen atoms in total. The standard InChI is InChI=1S/C30H26ClF3N6O3/c1-5-17(2)6-7-23-18(3)36-9-8-24(23)27-37-14-20(28(39-27)42-4)15-40-16-38-26(30(32,33)34)25(29(40)41)43-22-11-19(13-35)10-21(31)12-22/h6-12,14,16-17H,5,15H2,1-4H3/b7-6-. The minimum Gasteiger partial charge on any atom is -0.481 e. The van der Waals surface area contributed by atoms with Crippen LogP contribution in [0.2, 0.25) is 5.02 Å². The maximum absolute atomic E-state index is 13.8. The lowest BCUT2D eigenvalue weighted by molar-refractivity contribution is -0.142. The SMILES string of the molecule is CCC(C)/C=C\c1c(-c2ncc(Cn3cnc(C(F)(F)F)c(Oc4cc(Cl)cc(C#N)c4)c3=O)c(OC)n2)ccnc1C. The quantitative estimate of drug-likeness (QED) is 0.202. The van der Waals surface area contributed by atoms with Crippen LogP contribution >= 0.6 is 11.6 Å². The summed E-state index contributed by atoms with van der Waals surface area (Å²) in [5, 5.41) is 9.21. The summed E-state index contributed by atoms with van der Waals surface area (Å²) in [6.45, 7) is 5.79. The summed E-state index contributed by atoms with van der Waals surface area (Å²) in [7, 11) is 1.38. The Balaban J connectivity index is 1.75. The van der Waals surface area contributed by atoms with Gasteiger partial charge in [0, 0.05) is 34.2 Å². The number of methoxy groups -OCH3 is 1. The zero-order valence-electron chi connectivity index (χ0n) is 23.6. The van der Waals surface area contributed by atoms with E-state index in [1.54, 1.807) is 12.3 Å². The fourth-order valence-electron chi connectivity index (χ4n) is 4.05. The molecule has 13 heteroatoms. The van der Waals surface area contributed by atoms with Crippen molar-refractivity contribution in [1.82, 2.24) is 24.5 Å². The Morgan fingerprint density at radius 2 is 1.98 bits per heavy atom. The van der Waals surface area contributed by atoms with Gasteiger partial charge in [0.25, 0.3) is 5.56 Å². The fourth-order valence-corrected chi connectivity index (χ4v) is 4.28. The second kappa shape index (κ2) is 13.0. The monoisotopic (exact) mass is 610 g/mol. The minimum atomic E-state index is -5.00. The van der Waals surface area contributed by atoms with Crippen molar-refractivity contribution in [2.75, 3.05) is 7.11 Å². The highest BCUT2D eigenvalue weighted by Gasteiger charge is 2.39. The van der Waals surface area contributed by atoms with E-state index in [4.69, 9.17) is 21.1 Å². The Morgan fingerprint density at radius 3 is 2.65 bits per heavy atom. The molecular formula is C30H26ClF3N6O3. The summed E-state index contributed by atoms with van der Waals surface area (Å²) >= 11 is 5.96. The van der Waals surface area contributed by atoms with Crippen molar-refractivity contribution in [2.24, 2.45) is 5.92 Å². The van der Waals surface area contributed by atoms with E-state index in [1.165, 1.54) is 25.4 Å². The van der Waals surface area contributed by atoms with E-state index in [9.17, 15) is 23.2 Å². The van der Waals surface area contributed by atoms with Crippen molar-refractivity contribution in [1.29, 1.82) is 5.26 Å². The number of hydrogen-bond donors (Lipinski definition) is 0. The van der Waals surface area contributed by atoms with Crippen molar-refractivity contribution in [3.05, 3.63) is 92.5 Å². The van der Waals surface area contributed by atoms with Gasteiger partial charge in [-0.15, -0.1) is 0 Å². The number of ether oxygens (including phenoxy) is 2. The van der Waals surface area contributed by atoms with E-state index in [-0.39, 0.29) is 28.8 Å². The highest BCUT2D eigenvalue weighted by atomic mass is 35.5. The Bertz CT molecular complexity index is 1780. The van der Waals surface area contributed by atoms with Gasteiger partial charge in [-0.2, -0.15) is 23.4 Å². The molecule has 0 fully saturated rings. The van der Waals surface area contributed by atoms with Crippen LogP contribution in [0.4, 0.5) is 13.2 Å². The van der Waals surface area contributed by atoms with E-state index in [2.05, 4.69) is 39.9 Å². The Labute approximate surface area is 250 Å². The predicted molar refractivity (Wildman–Crippen MR) is 154 cm³/mol. The zero-order valence-corrected chi connectivity index (χ0v) is 24.4. The second-order valence-corrected chi connectivity index (χ2v) is 10.0. The third-order valence-corrected chi connectivity index (χ3v) is 6.73. The summed E-state index contributed by atoms with van der Waals surface area (Å²) in [6, 6.07) is 7.25. The van der Waals surface area contributed by atoms with Crippen molar-refractivity contribution in [2.45, 2.75) is 39.9 Å². The molecule has 1 aromatic carbocycles. The molecule has 3 aromatic heterocycles. The predicted octanol–water partition coefficient (Wildman–Crippen LogP) is 6.86. The Hall–Kier alpha value is -4.76. The first-order chi connectivity index (χ1) is 20.4. The molecule has 222 valence electrons. The van der Waals surface area contributed by atoms with Crippen molar-refractivity contribution in [3.63, 3.8) is 0 Å². The van der Waals surface area contributed by atoms with Gasteiger partial charge in [-0.05, 0) is 37.1 Å². The average molecular weight is 611 g/mol. The highest BCUT2D eigenvalue weighted by Crippen LogP contribution is 2.35. The molecule has 0 aliphatic heterocycles. The van der Waals surface area contributed by atoms with Crippen LogP contribution in [0, 0.1) is 24.2 Å². The first-order valence-electron chi connectivity index (χ1n) is 13.0. The van der Waals surface area contributed by atoms with Crippen LogP contribution in [0.3, 0.4) is 0 Å². The number of aromatic nitrogens is 5. The average Bonchev–Trinajstić information content (AvgIpc) is 2.97. The van der Waals surface area contributed by atoms with Gasteiger partial charge in [-0.25, -0.2) is 9.97 Å². The van der Waals surface area contributed by atoms with Gasteiger partial charge in [-0.1, -0.05) is 44.0 Å². The zero-order chi connectivity index (χ0) is 31.3. The normalized spacial score (nSPS) is 12.3. The maximum Gasteiger partial charge on any atom is 0.437 e. The molecule has 4 aromatic rings. The first-order valence-corrected chi connectivity index (χ1v) is 13.4. The summed E-state index contributed by atoms with van der Waals surface area (Å²) in [5.41, 5.74) is -0.00319. The molecule has 0 aliphatic rings. The number of hydrogen-bond acceptors (Lipinski definition) is 8. The third-order valence-electron chi connectivity index (χ3n) is 6.51. The molecule has 0 amide bonds. The van der Waals surface area contributed by atoms with Crippen molar-refractivity contribution in [3.8, 4) is 34.8 Å². The fraction of sp³-hybridized carbons (Fsp3) is 0.267. The molecule has 0 radical (unpaired) electrons. The molecule has 0 aliphatic carbocycles. The van der Waals surface area contributed by atoms with Gasteiger partial charge in [0.05, 0.1) is 37.2 Å². The Morgan fingerprint density at radius 1 is 1.21 bits per heavy atom. The molecule has 4 rings (SSSR count). The molecule has 3 heterocycles.